The van der Waals surface area contributed by atoms with Gasteiger partial charge in [-0.2, -0.15) is 0 Å². The van der Waals surface area contributed by atoms with Crippen molar-refractivity contribution < 1.29 is 9.53 Å². The largest absolute Gasteiger partial charge is 0.369 e. The van der Waals surface area contributed by atoms with Crippen molar-refractivity contribution in [1.82, 2.24) is 9.80 Å². The van der Waals surface area contributed by atoms with Gasteiger partial charge in [-0.15, -0.1) is 0 Å². The highest BCUT2D eigenvalue weighted by Crippen LogP contribution is 2.25. The van der Waals surface area contributed by atoms with Gasteiger partial charge in [-0.1, -0.05) is 6.42 Å². The zero-order chi connectivity index (χ0) is 13.1. The molecule has 0 aliphatic carbocycles. The Labute approximate surface area is 110 Å². The molecule has 2 heterocycles. The fraction of sp³-hybridized carbons (Fsp3) is 0.929. The van der Waals surface area contributed by atoms with Crippen molar-refractivity contribution in [1.29, 1.82) is 0 Å². The third kappa shape index (κ3) is 3.45. The monoisotopic (exact) mass is 254 g/mol. The second kappa shape index (κ2) is 6.02. The lowest BCUT2D eigenvalue weighted by atomic mass is 10.00. The third-order valence-electron chi connectivity index (χ3n) is 4.12. The minimum atomic E-state index is 0.128. The first kappa shape index (κ1) is 13.8. The molecule has 2 bridgehead atoms. The molecular formula is C14H26N2O2. The SMILES string of the molecule is CC(C)OCC(=O)N1C[C@H]2CCC[C@@H](C1)N(C)C2. The van der Waals surface area contributed by atoms with E-state index >= 15 is 0 Å². The van der Waals surface area contributed by atoms with E-state index in [0.29, 0.717) is 12.0 Å². The van der Waals surface area contributed by atoms with Crippen LogP contribution in [0.15, 0.2) is 0 Å². The second-order valence-electron chi connectivity index (χ2n) is 6.05. The summed E-state index contributed by atoms with van der Waals surface area (Å²) in [6.45, 7) is 7.12. The van der Waals surface area contributed by atoms with Crippen LogP contribution in [0.25, 0.3) is 0 Å². The minimum absolute atomic E-state index is 0.128. The number of likely N-dealkylation sites (tertiary alicyclic amines) is 1. The maximum atomic E-state index is 12.2. The molecule has 2 rings (SSSR count). The summed E-state index contributed by atoms with van der Waals surface area (Å²) < 4.78 is 5.44. The molecule has 4 heteroatoms. The van der Waals surface area contributed by atoms with E-state index in [4.69, 9.17) is 4.74 Å². The van der Waals surface area contributed by atoms with Crippen LogP contribution < -0.4 is 0 Å². The predicted molar refractivity (Wildman–Crippen MR) is 71.4 cm³/mol. The van der Waals surface area contributed by atoms with Crippen LogP contribution in [0.1, 0.15) is 33.1 Å². The van der Waals surface area contributed by atoms with E-state index in [1.165, 1.54) is 19.3 Å². The number of amides is 1. The van der Waals surface area contributed by atoms with Gasteiger partial charge in [0.2, 0.25) is 5.91 Å². The highest BCUT2D eigenvalue weighted by atomic mass is 16.5. The maximum Gasteiger partial charge on any atom is 0.248 e. The maximum absolute atomic E-state index is 12.2. The quantitative estimate of drug-likeness (QED) is 0.762. The number of rotatable bonds is 3. The van der Waals surface area contributed by atoms with Crippen LogP contribution in [0.2, 0.25) is 0 Å². The molecule has 0 radical (unpaired) electrons. The Balaban J connectivity index is 1.95. The van der Waals surface area contributed by atoms with Gasteiger partial charge in [-0.05, 0) is 39.7 Å². The minimum Gasteiger partial charge on any atom is -0.369 e. The Morgan fingerprint density at radius 2 is 2.06 bits per heavy atom. The van der Waals surface area contributed by atoms with E-state index in [-0.39, 0.29) is 18.6 Å². The summed E-state index contributed by atoms with van der Waals surface area (Å²) in [6.07, 6.45) is 3.92. The van der Waals surface area contributed by atoms with Crippen LogP contribution in [-0.2, 0) is 9.53 Å². The molecule has 2 atom stereocenters. The Hall–Kier alpha value is -0.610. The van der Waals surface area contributed by atoms with Crippen molar-refractivity contribution >= 4 is 5.91 Å². The van der Waals surface area contributed by atoms with Gasteiger partial charge < -0.3 is 14.5 Å². The second-order valence-corrected chi connectivity index (χ2v) is 6.05. The molecule has 0 aromatic rings. The zero-order valence-corrected chi connectivity index (χ0v) is 11.9. The number of carbonyl (C=O) groups excluding carboxylic acids is 1. The number of fused-ring (bicyclic) bond motifs is 3. The fourth-order valence-corrected chi connectivity index (χ4v) is 3.06. The predicted octanol–water partition coefficient (Wildman–Crippen LogP) is 1.35. The van der Waals surface area contributed by atoms with Gasteiger partial charge in [-0.25, -0.2) is 0 Å². The molecule has 0 aromatic heterocycles. The zero-order valence-electron chi connectivity index (χ0n) is 11.9. The number of likely N-dealkylation sites (N-methyl/N-ethyl adjacent to an activating group) is 1. The smallest absolute Gasteiger partial charge is 0.248 e. The molecule has 4 nitrogen and oxygen atoms in total. The van der Waals surface area contributed by atoms with Crippen LogP contribution in [0, 0.1) is 5.92 Å². The average molecular weight is 254 g/mol. The summed E-state index contributed by atoms with van der Waals surface area (Å²) in [5.74, 6) is 0.807. The Morgan fingerprint density at radius 3 is 2.78 bits per heavy atom. The Morgan fingerprint density at radius 1 is 1.28 bits per heavy atom. The highest BCUT2D eigenvalue weighted by molar-refractivity contribution is 5.77. The molecular weight excluding hydrogens is 228 g/mol. The molecule has 0 saturated carbocycles. The van der Waals surface area contributed by atoms with Crippen LogP contribution >= 0.6 is 0 Å². The third-order valence-corrected chi connectivity index (χ3v) is 4.12. The van der Waals surface area contributed by atoms with Crippen molar-refractivity contribution in [2.24, 2.45) is 5.92 Å². The van der Waals surface area contributed by atoms with Crippen molar-refractivity contribution in [3.63, 3.8) is 0 Å². The van der Waals surface area contributed by atoms with Crippen molar-refractivity contribution in [2.45, 2.75) is 45.3 Å². The first-order valence-corrected chi connectivity index (χ1v) is 7.16. The lowest BCUT2D eigenvalue weighted by Gasteiger charge is -2.30. The van der Waals surface area contributed by atoms with Gasteiger partial charge in [0.1, 0.15) is 6.61 Å². The molecule has 18 heavy (non-hydrogen) atoms. The summed E-state index contributed by atoms with van der Waals surface area (Å²) in [4.78, 5) is 16.6. The van der Waals surface area contributed by atoms with Crippen LogP contribution in [0.4, 0.5) is 0 Å². The summed E-state index contributed by atoms with van der Waals surface area (Å²) in [5, 5.41) is 0. The van der Waals surface area contributed by atoms with E-state index < -0.39 is 0 Å². The lowest BCUT2D eigenvalue weighted by molar-refractivity contribution is -0.138. The standard InChI is InChI=1S/C14H26N2O2/c1-11(2)18-10-14(17)16-8-12-5-4-6-13(9-16)15(3)7-12/h11-13H,4-10H2,1-3H3/t12-,13-/m0/s1. The van der Waals surface area contributed by atoms with E-state index in [2.05, 4.69) is 11.9 Å². The topological polar surface area (TPSA) is 32.8 Å². The summed E-state index contributed by atoms with van der Waals surface area (Å²) in [6, 6.07) is 0.542. The number of hydrogen-bond donors (Lipinski definition) is 0. The molecule has 0 N–H and O–H groups in total. The van der Waals surface area contributed by atoms with Gasteiger partial charge in [-0.3, -0.25) is 4.79 Å². The van der Waals surface area contributed by atoms with Crippen LogP contribution in [-0.4, -0.2) is 61.1 Å². The van der Waals surface area contributed by atoms with E-state index in [1.54, 1.807) is 0 Å². The molecule has 2 saturated heterocycles. The van der Waals surface area contributed by atoms with Crippen LogP contribution in [0.3, 0.4) is 0 Å². The molecule has 104 valence electrons. The molecule has 0 unspecified atom stereocenters. The van der Waals surface area contributed by atoms with E-state index in [9.17, 15) is 4.79 Å². The van der Waals surface area contributed by atoms with E-state index in [1.807, 2.05) is 18.7 Å². The van der Waals surface area contributed by atoms with Crippen molar-refractivity contribution in [3.8, 4) is 0 Å². The Kier molecular flexibility index (Phi) is 4.62. The molecule has 0 spiro atoms. The summed E-state index contributed by atoms with van der Waals surface area (Å²) >= 11 is 0. The van der Waals surface area contributed by atoms with Crippen LogP contribution in [0.5, 0.6) is 0 Å². The average Bonchev–Trinajstić information content (AvgIpc) is 2.54. The van der Waals surface area contributed by atoms with Gasteiger partial charge in [0.05, 0.1) is 6.10 Å². The first-order chi connectivity index (χ1) is 8.56. The molecule has 0 aromatic carbocycles. The number of ether oxygens (including phenoxy) is 1. The van der Waals surface area contributed by atoms with Gasteiger partial charge in [0.25, 0.3) is 0 Å². The lowest BCUT2D eigenvalue weighted by Crippen LogP contribution is -2.43. The normalized spacial score (nSPS) is 29.4. The van der Waals surface area contributed by atoms with Gasteiger partial charge in [0, 0.05) is 25.7 Å². The molecule has 2 aliphatic heterocycles. The first-order valence-electron chi connectivity index (χ1n) is 7.16. The molecule has 2 aliphatic rings. The number of carbonyl (C=O) groups is 1. The number of nitrogens with zero attached hydrogens (tertiary/aromatic N) is 2. The van der Waals surface area contributed by atoms with E-state index in [0.717, 1.165) is 19.6 Å². The summed E-state index contributed by atoms with van der Waals surface area (Å²) in [5.41, 5.74) is 0. The fourth-order valence-electron chi connectivity index (χ4n) is 3.06. The highest BCUT2D eigenvalue weighted by Gasteiger charge is 2.32. The van der Waals surface area contributed by atoms with Crippen molar-refractivity contribution in [3.05, 3.63) is 0 Å². The van der Waals surface area contributed by atoms with Crippen molar-refractivity contribution in [2.75, 3.05) is 33.3 Å². The molecule has 1 amide bonds. The van der Waals surface area contributed by atoms with Gasteiger partial charge in [0.15, 0.2) is 0 Å². The van der Waals surface area contributed by atoms with Gasteiger partial charge >= 0.3 is 0 Å². The molecule has 2 fully saturated rings. The summed E-state index contributed by atoms with van der Waals surface area (Å²) in [7, 11) is 2.20. The Bertz CT molecular complexity index is 294. The number of hydrogen-bond acceptors (Lipinski definition) is 3.